The number of carbonyl (C=O) groups excluding carboxylic acids is 3. The number of carboxylic acid groups (broad SMARTS) is 1. The van der Waals surface area contributed by atoms with Gasteiger partial charge in [0.2, 0.25) is 10.3 Å². The second kappa shape index (κ2) is 14.0. The van der Waals surface area contributed by atoms with Crippen molar-refractivity contribution in [3.63, 3.8) is 0 Å². The van der Waals surface area contributed by atoms with Gasteiger partial charge in [-0.05, 0) is 37.1 Å². The number of hydrogen-bond donors (Lipinski definition) is 5. The molecule has 2 aliphatic heterocycles. The maximum atomic E-state index is 13.2. The van der Waals surface area contributed by atoms with Gasteiger partial charge in [0.25, 0.3) is 17.7 Å². The first-order chi connectivity index (χ1) is 23.8. The lowest BCUT2D eigenvalue weighted by atomic mass is 9.89. The summed E-state index contributed by atoms with van der Waals surface area (Å²) in [7, 11) is -10.7. The van der Waals surface area contributed by atoms with Crippen molar-refractivity contribution in [3.8, 4) is 22.5 Å². The molecule has 51 heavy (non-hydrogen) atoms. The second-order valence-corrected chi connectivity index (χ2v) is 14.7. The van der Waals surface area contributed by atoms with Crippen molar-refractivity contribution < 1.29 is 60.1 Å². The Morgan fingerprint density at radius 2 is 1.61 bits per heavy atom. The van der Waals surface area contributed by atoms with Crippen LogP contribution in [0.15, 0.2) is 56.7 Å². The summed E-state index contributed by atoms with van der Waals surface area (Å²) >= 11 is 13.2. The summed E-state index contributed by atoms with van der Waals surface area (Å²) in [6.45, 7) is 0.380. The third kappa shape index (κ3) is 7.19. The summed E-state index contributed by atoms with van der Waals surface area (Å²) in [5.41, 5.74) is 2.25. The highest BCUT2D eigenvalue weighted by Crippen LogP contribution is 2.49. The Morgan fingerprint density at radius 3 is 2.22 bits per heavy atom. The number of fused-ring (bicyclic) bond motifs is 2. The third-order valence-corrected chi connectivity index (χ3v) is 10.5. The Balaban J connectivity index is 1.57. The lowest BCUT2D eigenvalue weighted by Gasteiger charge is -2.22. The molecule has 3 aliphatic rings. The zero-order valence-corrected chi connectivity index (χ0v) is 29.1. The van der Waals surface area contributed by atoms with Gasteiger partial charge in [0.1, 0.15) is 15.0 Å². The first-order valence-electron chi connectivity index (χ1n) is 14.8. The molecule has 0 saturated heterocycles. The molecule has 5 rings (SSSR count). The van der Waals surface area contributed by atoms with Crippen LogP contribution in [0, 0.1) is 0 Å². The molecular weight excluding hydrogens is 755 g/mol. The number of benzene rings is 3. The van der Waals surface area contributed by atoms with Crippen molar-refractivity contribution in [1.82, 2.24) is 10.2 Å². The fourth-order valence-electron chi connectivity index (χ4n) is 5.73. The van der Waals surface area contributed by atoms with Crippen LogP contribution in [0.25, 0.3) is 33.4 Å². The van der Waals surface area contributed by atoms with Crippen molar-refractivity contribution >= 4 is 83.8 Å². The summed E-state index contributed by atoms with van der Waals surface area (Å²) in [6.07, 6.45) is 4.65. The maximum Gasteiger partial charge on any atom is 0.337 e. The van der Waals surface area contributed by atoms with E-state index in [1.165, 1.54) is 18.2 Å². The first-order valence-corrected chi connectivity index (χ1v) is 18.4. The van der Waals surface area contributed by atoms with Gasteiger partial charge in [0.15, 0.2) is 11.3 Å². The molecule has 2 aromatic rings. The number of nitrogens with zero attached hydrogens (tertiary/aromatic N) is 1. The number of aromatic carboxylic acids is 1. The van der Waals surface area contributed by atoms with E-state index in [4.69, 9.17) is 38.8 Å². The van der Waals surface area contributed by atoms with E-state index in [1.807, 2.05) is 0 Å². The summed E-state index contributed by atoms with van der Waals surface area (Å²) < 4.78 is 77.6. The Hall–Kier alpha value is -4.85. The van der Waals surface area contributed by atoms with E-state index in [-0.39, 0.29) is 47.0 Å². The van der Waals surface area contributed by atoms with E-state index >= 15 is 0 Å². The lowest BCUT2D eigenvalue weighted by molar-refractivity contribution is -0.176. The van der Waals surface area contributed by atoms with Gasteiger partial charge in [-0.25, -0.2) is 13.2 Å². The molecule has 3 amide bonds. The smallest absolute Gasteiger partial charge is 0.337 e. The quantitative estimate of drug-likeness (QED) is 0.0452. The minimum Gasteiger partial charge on any atom is -0.744 e. The van der Waals surface area contributed by atoms with E-state index in [2.05, 4.69) is 5.32 Å². The average molecular weight is 782 g/mol. The molecule has 20 heteroatoms. The predicted octanol–water partition coefficient (Wildman–Crippen LogP) is 1.82. The Bertz CT molecular complexity index is 2440. The Kier molecular flexibility index (Phi) is 10.3. The average Bonchev–Trinajstić information content (AvgIpc) is 3.34. The van der Waals surface area contributed by atoms with Crippen LogP contribution in [-0.4, -0.2) is 72.7 Å². The van der Waals surface area contributed by atoms with Gasteiger partial charge >= 0.3 is 16.1 Å². The lowest BCUT2D eigenvalue weighted by Crippen LogP contribution is -2.47. The molecule has 0 radical (unpaired) electrons. The SMILES string of the molecule is Nc1ccc2c(-c3c(Cl)cc(C(=O)NCCCCCCN4C(=O)C=CC4=O)c(Cl)c3C(=O)O)c3ccc(=[NH2+])c(S(=O)(=O)O)c-3oc2c1S(=O)(=O)[O-]. The van der Waals surface area contributed by atoms with E-state index in [9.17, 15) is 50.2 Å². The van der Waals surface area contributed by atoms with Crippen molar-refractivity contribution in [3.05, 3.63) is 69.0 Å². The van der Waals surface area contributed by atoms with E-state index < -0.39 is 85.5 Å². The molecule has 268 valence electrons. The normalized spacial score (nSPS) is 13.5. The standard InChI is InChI=1S/C31H26Cl2N4O12S2/c32-17-13-16(30(40)36-11-3-1-2-4-12-37-20(38)9-10-21(37)39)25(33)24(31(41)42)23(17)22-14-5-7-18(34)28(50(43,44)45)26(14)49-27-15(22)6-8-19(35)29(27)51(46,47)48/h5-10,13,34H,1-4,11-12,35H2,(H,36,40)(H,41,42)(H,43,44,45)(H,46,47,48). The zero-order chi connectivity index (χ0) is 37.6. The van der Waals surface area contributed by atoms with Crippen molar-refractivity contribution in [2.45, 2.75) is 35.5 Å². The number of carbonyl (C=O) groups is 4. The molecule has 1 aliphatic carbocycles. The van der Waals surface area contributed by atoms with Crippen LogP contribution in [0.1, 0.15) is 46.4 Å². The molecule has 0 unspecified atom stereocenters. The van der Waals surface area contributed by atoms with Gasteiger partial charge in [0.05, 0.1) is 26.9 Å². The van der Waals surface area contributed by atoms with E-state index in [0.29, 0.717) is 25.7 Å². The highest BCUT2D eigenvalue weighted by molar-refractivity contribution is 7.86. The number of carboxylic acids is 1. The topological polar surface area (TPSA) is 280 Å². The largest absolute Gasteiger partial charge is 0.744 e. The number of halogens is 2. The second-order valence-electron chi connectivity index (χ2n) is 11.2. The van der Waals surface area contributed by atoms with Gasteiger partial charge in [-0.1, -0.05) is 36.0 Å². The van der Waals surface area contributed by atoms with Gasteiger partial charge in [-0.15, -0.1) is 0 Å². The number of hydrogen-bond acceptors (Lipinski definition) is 11. The number of nitrogens with one attached hydrogen (secondary N) is 1. The Morgan fingerprint density at radius 1 is 0.961 bits per heavy atom. The van der Waals surface area contributed by atoms with Crippen molar-refractivity contribution in [2.24, 2.45) is 0 Å². The fourth-order valence-corrected chi connectivity index (χ4v) is 7.83. The van der Waals surface area contributed by atoms with E-state index in [1.54, 1.807) is 0 Å². The number of amides is 3. The fraction of sp³-hybridized carbons (Fsp3) is 0.194. The summed E-state index contributed by atoms with van der Waals surface area (Å²) in [5, 5.41) is 17.0. The number of rotatable bonds is 12. The van der Waals surface area contributed by atoms with Gasteiger partial charge in [0, 0.05) is 53.4 Å². The van der Waals surface area contributed by atoms with Crippen LogP contribution in [0.4, 0.5) is 5.69 Å². The number of nitrogens with two attached hydrogens (primary N) is 2. The molecule has 0 spiro atoms. The van der Waals surface area contributed by atoms with Crippen LogP contribution in [0.5, 0.6) is 0 Å². The summed E-state index contributed by atoms with van der Waals surface area (Å²) in [6, 6.07) is 5.44. The minimum atomic E-state index is -5.45. The molecule has 0 atom stereocenters. The molecular formula is C31H26Cl2N4O12S2. The van der Waals surface area contributed by atoms with Gasteiger partial charge < -0.3 is 25.1 Å². The number of imide groups is 1. The highest BCUT2D eigenvalue weighted by atomic mass is 35.5. The molecule has 7 N–H and O–H groups in total. The van der Waals surface area contributed by atoms with Crippen LogP contribution >= 0.6 is 23.2 Å². The van der Waals surface area contributed by atoms with Gasteiger partial charge in [-0.2, -0.15) is 8.42 Å². The van der Waals surface area contributed by atoms with Crippen LogP contribution in [0.3, 0.4) is 0 Å². The van der Waals surface area contributed by atoms with Crippen LogP contribution < -0.4 is 21.8 Å². The molecule has 2 heterocycles. The summed E-state index contributed by atoms with van der Waals surface area (Å²) in [4.78, 5) is 48.3. The number of anilines is 1. The molecule has 0 fully saturated rings. The third-order valence-electron chi connectivity index (χ3n) is 7.95. The van der Waals surface area contributed by atoms with E-state index in [0.717, 1.165) is 29.2 Å². The highest BCUT2D eigenvalue weighted by Gasteiger charge is 2.34. The Labute approximate surface area is 298 Å². The minimum absolute atomic E-state index is 0.128. The number of unbranched alkanes of at least 4 members (excludes halogenated alkanes) is 3. The van der Waals surface area contributed by atoms with Crippen LogP contribution in [0.2, 0.25) is 10.0 Å². The predicted molar refractivity (Wildman–Crippen MR) is 179 cm³/mol. The zero-order valence-electron chi connectivity index (χ0n) is 25.9. The van der Waals surface area contributed by atoms with Gasteiger partial charge in [-0.3, -0.25) is 29.2 Å². The van der Waals surface area contributed by atoms with Crippen molar-refractivity contribution in [1.29, 1.82) is 0 Å². The van der Waals surface area contributed by atoms with Crippen molar-refractivity contribution in [2.75, 3.05) is 18.8 Å². The van der Waals surface area contributed by atoms with Crippen LogP contribution in [-0.2, 0) is 29.8 Å². The maximum absolute atomic E-state index is 13.2. The molecule has 0 aromatic heterocycles. The first kappa shape index (κ1) is 37.4. The molecule has 0 saturated carbocycles. The monoisotopic (exact) mass is 780 g/mol. The molecule has 16 nitrogen and oxygen atoms in total. The summed E-state index contributed by atoms with van der Waals surface area (Å²) in [5.74, 6) is -4.05. The number of nitrogen functional groups attached to an aromatic ring is 1. The molecule has 0 bridgehead atoms. The molecule has 2 aromatic carbocycles.